The third-order valence-electron chi connectivity index (χ3n) is 4.85. The Bertz CT molecular complexity index is 812. The summed E-state index contributed by atoms with van der Waals surface area (Å²) in [4.78, 5) is 14.8. The molecule has 0 unspecified atom stereocenters. The van der Waals surface area contributed by atoms with E-state index in [-0.39, 0.29) is 11.9 Å². The lowest BCUT2D eigenvalue weighted by Gasteiger charge is -2.25. The summed E-state index contributed by atoms with van der Waals surface area (Å²) in [7, 11) is 0. The number of nitrogens with zero attached hydrogens (tertiary/aromatic N) is 5. The van der Waals surface area contributed by atoms with Crippen LogP contribution in [-0.2, 0) is 11.3 Å². The Hall–Kier alpha value is -2.29. The molecule has 0 bridgehead atoms. The molecule has 3 heterocycles. The molecule has 27 heavy (non-hydrogen) atoms. The number of aromatic nitrogens is 4. The van der Waals surface area contributed by atoms with E-state index in [0.717, 1.165) is 42.9 Å². The molecule has 2 aliphatic rings. The van der Waals surface area contributed by atoms with Crippen molar-refractivity contribution < 1.29 is 14.3 Å². The number of likely N-dealkylation sites (tertiary alicyclic amines) is 1. The van der Waals surface area contributed by atoms with Crippen molar-refractivity contribution in [3.63, 3.8) is 0 Å². The number of rotatable bonds is 5. The Morgan fingerprint density at radius 2 is 2.11 bits per heavy atom. The summed E-state index contributed by atoms with van der Waals surface area (Å²) in [6.07, 6.45) is 2.84. The summed E-state index contributed by atoms with van der Waals surface area (Å²) in [6, 6.07) is 6.12. The van der Waals surface area contributed by atoms with Crippen molar-refractivity contribution in [3.8, 4) is 11.5 Å². The van der Waals surface area contributed by atoms with E-state index in [9.17, 15) is 4.79 Å². The minimum atomic E-state index is 0.0809. The van der Waals surface area contributed by atoms with Gasteiger partial charge in [-0.05, 0) is 47.9 Å². The second kappa shape index (κ2) is 8.16. The van der Waals surface area contributed by atoms with Crippen LogP contribution in [0.3, 0.4) is 0 Å². The first-order valence-corrected chi connectivity index (χ1v) is 10.3. The van der Waals surface area contributed by atoms with E-state index in [1.807, 2.05) is 24.0 Å². The van der Waals surface area contributed by atoms with E-state index in [1.165, 1.54) is 11.8 Å². The lowest BCUT2D eigenvalue weighted by Crippen LogP contribution is -2.32. The molecule has 9 heteroatoms. The number of aryl methyl sites for hydroxylation is 1. The molecular formula is C18H23N5O3S. The van der Waals surface area contributed by atoms with Gasteiger partial charge in [0.25, 0.3) is 0 Å². The summed E-state index contributed by atoms with van der Waals surface area (Å²) in [5, 5.41) is 12.2. The number of thioether (sulfide) groups is 1. The number of hydrogen-bond acceptors (Lipinski definition) is 7. The smallest absolute Gasteiger partial charge is 0.233 e. The SMILES string of the molecule is CCn1nnnc1SCC(=O)N1CCC[C@@H]1c1ccc2c(c1)OCCCO2. The fraction of sp³-hybridized carbons (Fsp3) is 0.556. The zero-order valence-corrected chi connectivity index (χ0v) is 16.2. The molecule has 1 aromatic heterocycles. The number of tetrazole rings is 1. The molecule has 0 N–H and O–H groups in total. The standard InChI is InChI=1S/C18H23N5O3S/c1-2-23-18(19-20-21-23)27-12-17(24)22-8-3-5-14(22)13-6-7-15-16(11-13)26-10-4-9-25-15/h6-7,11,14H,2-5,8-10,12H2,1H3/t14-/m1/s1. The Morgan fingerprint density at radius 1 is 1.26 bits per heavy atom. The molecule has 1 fully saturated rings. The van der Waals surface area contributed by atoms with Gasteiger partial charge in [-0.15, -0.1) is 5.10 Å². The maximum absolute atomic E-state index is 12.8. The summed E-state index contributed by atoms with van der Waals surface area (Å²) in [6.45, 7) is 4.77. The fourth-order valence-corrected chi connectivity index (χ4v) is 4.33. The van der Waals surface area contributed by atoms with Gasteiger partial charge in [0.2, 0.25) is 11.1 Å². The van der Waals surface area contributed by atoms with Crippen molar-refractivity contribution in [2.24, 2.45) is 0 Å². The van der Waals surface area contributed by atoms with Crippen molar-refractivity contribution in [1.29, 1.82) is 0 Å². The molecule has 0 radical (unpaired) electrons. The van der Waals surface area contributed by atoms with Gasteiger partial charge in [0.1, 0.15) is 0 Å². The summed E-state index contributed by atoms with van der Waals surface area (Å²) >= 11 is 1.39. The minimum Gasteiger partial charge on any atom is -0.490 e. The van der Waals surface area contributed by atoms with Crippen molar-refractivity contribution in [3.05, 3.63) is 23.8 Å². The van der Waals surface area contributed by atoms with Crippen LogP contribution in [0.2, 0.25) is 0 Å². The summed E-state index contributed by atoms with van der Waals surface area (Å²) in [5.74, 6) is 2.01. The lowest BCUT2D eigenvalue weighted by atomic mass is 10.0. The van der Waals surface area contributed by atoms with Crippen molar-refractivity contribution in [2.45, 2.75) is 43.9 Å². The maximum atomic E-state index is 12.8. The molecule has 4 rings (SSSR count). The van der Waals surface area contributed by atoms with Crippen LogP contribution in [0.4, 0.5) is 0 Å². The van der Waals surface area contributed by atoms with Gasteiger partial charge in [0, 0.05) is 19.5 Å². The van der Waals surface area contributed by atoms with Crippen LogP contribution < -0.4 is 9.47 Å². The number of benzene rings is 1. The molecule has 0 spiro atoms. The van der Waals surface area contributed by atoms with E-state index in [1.54, 1.807) is 4.68 Å². The van der Waals surface area contributed by atoms with Crippen LogP contribution in [0.1, 0.15) is 37.8 Å². The van der Waals surface area contributed by atoms with Gasteiger partial charge in [-0.2, -0.15) is 0 Å². The van der Waals surface area contributed by atoms with Crippen LogP contribution >= 0.6 is 11.8 Å². The molecule has 2 aliphatic heterocycles. The fourth-order valence-electron chi connectivity index (χ4n) is 3.51. The van der Waals surface area contributed by atoms with Crippen LogP contribution in [0.25, 0.3) is 0 Å². The number of fused-ring (bicyclic) bond motifs is 1. The van der Waals surface area contributed by atoms with Gasteiger partial charge < -0.3 is 14.4 Å². The molecule has 1 amide bonds. The van der Waals surface area contributed by atoms with Crippen molar-refractivity contribution >= 4 is 17.7 Å². The number of hydrogen-bond donors (Lipinski definition) is 0. The van der Waals surface area contributed by atoms with E-state index >= 15 is 0 Å². The Morgan fingerprint density at radius 3 is 2.96 bits per heavy atom. The summed E-state index contributed by atoms with van der Waals surface area (Å²) < 4.78 is 13.2. The third kappa shape index (κ3) is 3.87. The number of carbonyl (C=O) groups is 1. The topological polar surface area (TPSA) is 82.4 Å². The molecule has 1 aromatic carbocycles. The third-order valence-corrected chi connectivity index (χ3v) is 5.79. The van der Waals surface area contributed by atoms with Gasteiger partial charge >= 0.3 is 0 Å². The average Bonchev–Trinajstić information content (AvgIpc) is 3.30. The normalized spacial score (nSPS) is 19.1. The first kappa shape index (κ1) is 18.1. The van der Waals surface area contributed by atoms with E-state index in [0.29, 0.717) is 30.7 Å². The average molecular weight is 389 g/mol. The Labute approximate surface area is 162 Å². The zero-order valence-electron chi connectivity index (χ0n) is 15.3. The lowest BCUT2D eigenvalue weighted by molar-refractivity contribution is -0.129. The van der Waals surface area contributed by atoms with E-state index < -0.39 is 0 Å². The minimum absolute atomic E-state index is 0.0809. The van der Waals surface area contributed by atoms with Gasteiger partial charge in [-0.25, -0.2) is 4.68 Å². The van der Waals surface area contributed by atoms with Crippen LogP contribution in [-0.4, -0.2) is 56.5 Å². The van der Waals surface area contributed by atoms with Crippen LogP contribution in [0.5, 0.6) is 11.5 Å². The summed E-state index contributed by atoms with van der Waals surface area (Å²) in [5.41, 5.74) is 1.11. The van der Waals surface area contributed by atoms with Crippen LogP contribution in [0.15, 0.2) is 23.4 Å². The molecular weight excluding hydrogens is 366 g/mol. The van der Waals surface area contributed by atoms with Crippen molar-refractivity contribution in [1.82, 2.24) is 25.1 Å². The van der Waals surface area contributed by atoms with Crippen LogP contribution in [0, 0.1) is 0 Å². The second-order valence-electron chi connectivity index (χ2n) is 6.57. The first-order valence-electron chi connectivity index (χ1n) is 9.34. The molecule has 2 aromatic rings. The molecule has 1 saturated heterocycles. The maximum Gasteiger partial charge on any atom is 0.233 e. The highest BCUT2D eigenvalue weighted by Crippen LogP contribution is 2.38. The zero-order chi connectivity index (χ0) is 18.6. The van der Waals surface area contributed by atoms with E-state index in [2.05, 4.69) is 21.6 Å². The molecule has 1 atom stereocenters. The number of carbonyl (C=O) groups excluding carboxylic acids is 1. The molecule has 0 aliphatic carbocycles. The highest BCUT2D eigenvalue weighted by molar-refractivity contribution is 7.99. The number of ether oxygens (including phenoxy) is 2. The largest absolute Gasteiger partial charge is 0.490 e. The first-order chi connectivity index (χ1) is 13.3. The van der Waals surface area contributed by atoms with Gasteiger partial charge in [0.05, 0.1) is 25.0 Å². The number of amides is 1. The molecule has 0 saturated carbocycles. The van der Waals surface area contributed by atoms with Gasteiger partial charge in [0.15, 0.2) is 11.5 Å². The predicted molar refractivity (Wildman–Crippen MR) is 100.0 cm³/mol. The highest BCUT2D eigenvalue weighted by Gasteiger charge is 2.31. The van der Waals surface area contributed by atoms with Crippen molar-refractivity contribution in [2.75, 3.05) is 25.5 Å². The monoisotopic (exact) mass is 389 g/mol. The molecule has 8 nitrogen and oxygen atoms in total. The Kier molecular flexibility index (Phi) is 5.47. The predicted octanol–water partition coefficient (Wildman–Crippen LogP) is 2.31. The Balaban J connectivity index is 1.45. The molecule has 144 valence electrons. The van der Waals surface area contributed by atoms with E-state index in [4.69, 9.17) is 9.47 Å². The quantitative estimate of drug-likeness (QED) is 0.726. The van der Waals surface area contributed by atoms with Gasteiger partial charge in [-0.3, -0.25) is 4.79 Å². The second-order valence-corrected chi connectivity index (χ2v) is 7.51. The van der Waals surface area contributed by atoms with Gasteiger partial charge in [-0.1, -0.05) is 17.8 Å². The highest BCUT2D eigenvalue weighted by atomic mass is 32.2.